The molecule has 29 heavy (non-hydrogen) atoms. The van der Waals surface area contributed by atoms with Gasteiger partial charge in [0.05, 0.1) is 10.9 Å². The number of hydrogen-bond acceptors (Lipinski definition) is 6. The number of allylic oxidation sites excluding steroid dienone is 1. The summed E-state index contributed by atoms with van der Waals surface area (Å²) in [6.07, 6.45) is 1.60. The van der Waals surface area contributed by atoms with Gasteiger partial charge in [0.1, 0.15) is 0 Å². The molecular weight excluding hydrogens is 406 g/mol. The maximum absolute atomic E-state index is 12.6. The molecule has 0 unspecified atom stereocenters. The van der Waals surface area contributed by atoms with Crippen molar-refractivity contribution in [3.63, 3.8) is 0 Å². The summed E-state index contributed by atoms with van der Waals surface area (Å²) in [6, 6.07) is 14.3. The van der Waals surface area contributed by atoms with Crippen LogP contribution < -0.4 is 10.9 Å². The Labute approximate surface area is 174 Å². The molecule has 2 aromatic carbocycles. The van der Waals surface area contributed by atoms with E-state index in [9.17, 15) is 9.59 Å². The van der Waals surface area contributed by atoms with Crippen molar-refractivity contribution in [3.8, 4) is 11.4 Å². The fourth-order valence-corrected chi connectivity index (χ4v) is 3.69. The van der Waals surface area contributed by atoms with Crippen LogP contribution in [0.25, 0.3) is 22.3 Å². The monoisotopic (exact) mass is 421 g/mol. The van der Waals surface area contributed by atoms with E-state index in [0.717, 1.165) is 17.1 Å². The number of nitrogens with one attached hydrogen (secondary N) is 2. The number of anilines is 1. The molecule has 2 aromatic heterocycles. The van der Waals surface area contributed by atoms with Gasteiger partial charge in [-0.3, -0.25) is 19.5 Å². The van der Waals surface area contributed by atoms with Crippen molar-refractivity contribution >= 4 is 45.7 Å². The average molecular weight is 422 g/mol. The Morgan fingerprint density at radius 2 is 2.07 bits per heavy atom. The van der Waals surface area contributed by atoms with Gasteiger partial charge in [-0.05, 0) is 30.4 Å². The summed E-state index contributed by atoms with van der Waals surface area (Å²) in [4.78, 5) is 32.5. The predicted molar refractivity (Wildman–Crippen MR) is 117 cm³/mol. The van der Waals surface area contributed by atoms with Crippen molar-refractivity contribution in [1.82, 2.24) is 18.9 Å². The number of fused-ring (bicyclic) bond motifs is 1. The second-order valence-corrected chi connectivity index (χ2v) is 7.28. The lowest BCUT2D eigenvalue weighted by molar-refractivity contribution is 0.102. The normalized spacial score (nSPS) is 10.8. The molecule has 0 saturated heterocycles. The Bertz CT molecular complexity index is 1340. The molecule has 9 heteroatoms. The van der Waals surface area contributed by atoms with E-state index in [1.807, 2.05) is 30.3 Å². The molecule has 0 aliphatic rings. The summed E-state index contributed by atoms with van der Waals surface area (Å²) in [5.41, 5.74) is 1.52. The number of hydrogen-bond donors (Lipinski definition) is 2. The fourth-order valence-electron chi connectivity index (χ4n) is 2.84. The number of carbonyl (C=O) groups excluding carboxylic acids is 1. The first-order valence-electron chi connectivity index (χ1n) is 8.65. The molecule has 1 amide bonds. The maximum atomic E-state index is 12.6. The Kier molecular flexibility index (Phi) is 5.15. The Hall–Kier alpha value is -3.43. The van der Waals surface area contributed by atoms with Crippen LogP contribution in [0, 0.1) is 4.77 Å². The van der Waals surface area contributed by atoms with Crippen LogP contribution in [0.2, 0.25) is 0 Å². The number of amides is 1. The van der Waals surface area contributed by atoms with Crippen LogP contribution >= 0.6 is 23.8 Å². The Balaban J connectivity index is 1.62. The van der Waals surface area contributed by atoms with E-state index in [1.165, 1.54) is 4.57 Å². The lowest BCUT2D eigenvalue weighted by atomic mass is 10.1. The molecule has 0 fully saturated rings. The van der Waals surface area contributed by atoms with Crippen molar-refractivity contribution < 1.29 is 4.79 Å². The quantitative estimate of drug-likeness (QED) is 0.375. The van der Waals surface area contributed by atoms with Crippen molar-refractivity contribution in [2.75, 3.05) is 5.32 Å². The molecule has 0 saturated carbocycles. The number of H-pyrrole nitrogens is 1. The first-order chi connectivity index (χ1) is 14.1. The van der Waals surface area contributed by atoms with E-state index in [1.54, 1.807) is 24.3 Å². The highest BCUT2D eigenvalue weighted by Crippen LogP contribution is 2.21. The van der Waals surface area contributed by atoms with Crippen LogP contribution in [0.15, 0.2) is 66.0 Å². The van der Waals surface area contributed by atoms with E-state index >= 15 is 0 Å². The van der Waals surface area contributed by atoms with Gasteiger partial charge in [0.25, 0.3) is 11.5 Å². The van der Waals surface area contributed by atoms with Crippen molar-refractivity contribution in [2.45, 2.75) is 6.54 Å². The molecule has 2 heterocycles. The molecule has 4 aromatic rings. The topological polar surface area (TPSA) is 92.7 Å². The van der Waals surface area contributed by atoms with Crippen molar-refractivity contribution in [2.24, 2.45) is 0 Å². The third kappa shape index (κ3) is 3.78. The fraction of sp³-hybridized carbons (Fsp3) is 0.0500. The SMILES string of the molecule is C=CCn1c(=S)[nH]c2cc(C(=O)Nc3nc(-c4ccccc4)ns3)ccc2c1=O. The molecule has 4 rings (SSSR count). The third-order valence-electron chi connectivity index (χ3n) is 4.23. The van der Waals surface area contributed by atoms with Gasteiger partial charge >= 0.3 is 0 Å². The van der Waals surface area contributed by atoms with Crippen LogP contribution in [-0.2, 0) is 6.54 Å². The standard InChI is InChI=1S/C20H15N5O2S2/c1-2-10-25-18(27)14-9-8-13(11-15(14)21-20(25)28)17(26)23-19-22-16(24-29-19)12-6-4-3-5-7-12/h2-9,11H,1,10H2,(H,21,28)(H,22,23,24,26). The molecular formula is C20H15N5O2S2. The predicted octanol–water partition coefficient (Wildman–Crippen LogP) is 4.02. The number of carbonyl (C=O) groups is 1. The molecule has 0 spiro atoms. The zero-order valence-corrected chi connectivity index (χ0v) is 16.7. The summed E-state index contributed by atoms with van der Waals surface area (Å²) in [5.74, 6) is 0.202. The van der Waals surface area contributed by atoms with E-state index in [-0.39, 0.29) is 16.2 Å². The summed E-state index contributed by atoms with van der Waals surface area (Å²) >= 11 is 6.34. The minimum absolute atomic E-state index is 0.229. The second kappa shape index (κ2) is 7.90. The lowest BCUT2D eigenvalue weighted by Gasteiger charge is -2.07. The highest BCUT2D eigenvalue weighted by atomic mass is 32.1. The van der Waals surface area contributed by atoms with Crippen molar-refractivity contribution in [1.29, 1.82) is 0 Å². The molecule has 144 valence electrons. The van der Waals surface area contributed by atoms with E-state index < -0.39 is 0 Å². The Morgan fingerprint density at radius 3 is 2.83 bits per heavy atom. The molecule has 7 nitrogen and oxygen atoms in total. The third-order valence-corrected chi connectivity index (χ3v) is 5.19. The first kappa shape index (κ1) is 18.9. The summed E-state index contributed by atoms with van der Waals surface area (Å²) in [7, 11) is 0. The van der Waals surface area contributed by atoms with Gasteiger partial charge in [-0.1, -0.05) is 36.4 Å². The summed E-state index contributed by atoms with van der Waals surface area (Å²) < 4.78 is 5.97. The number of aromatic amines is 1. The van der Waals surface area contributed by atoms with Gasteiger partial charge in [-0.25, -0.2) is 0 Å². The molecule has 0 aliphatic heterocycles. The molecule has 0 bridgehead atoms. The van der Waals surface area contributed by atoms with Crippen LogP contribution in [0.4, 0.5) is 5.13 Å². The van der Waals surface area contributed by atoms with Gasteiger partial charge in [-0.2, -0.15) is 9.36 Å². The number of benzene rings is 2. The van der Waals surface area contributed by atoms with Crippen LogP contribution in [0.5, 0.6) is 0 Å². The number of rotatable bonds is 5. The van der Waals surface area contributed by atoms with Crippen LogP contribution in [0.3, 0.4) is 0 Å². The molecule has 0 radical (unpaired) electrons. The molecule has 2 N–H and O–H groups in total. The second-order valence-electron chi connectivity index (χ2n) is 6.14. The highest BCUT2D eigenvalue weighted by molar-refractivity contribution is 7.71. The average Bonchev–Trinajstić information content (AvgIpc) is 3.20. The smallest absolute Gasteiger partial charge is 0.262 e. The van der Waals surface area contributed by atoms with E-state index in [2.05, 4.69) is 26.2 Å². The lowest BCUT2D eigenvalue weighted by Crippen LogP contribution is -2.22. The zero-order valence-electron chi connectivity index (χ0n) is 15.1. The minimum Gasteiger partial charge on any atom is -0.332 e. The van der Waals surface area contributed by atoms with Gasteiger partial charge in [0.2, 0.25) is 5.13 Å². The van der Waals surface area contributed by atoms with Gasteiger partial charge in [0, 0.05) is 29.2 Å². The maximum Gasteiger partial charge on any atom is 0.262 e. The Morgan fingerprint density at radius 1 is 1.28 bits per heavy atom. The van der Waals surface area contributed by atoms with Crippen LogP contribution in [-0.4, -0.2) is 24.8 Å². The molecule has 0 aliphatic carbocycles. The molecule has 0 atom stereocenters. The number of aromatic nitrogens is 4. The van der Waals surface area contributed by atoms with Gasteiger partial charge in [-0.15, -0.1) is 6.58 Å². The van der Waals surface area contributed by atoms with E-state index in [4.69, 9.17) is 12.2 Å². The van der Waals surface area contributed by atoms with Gasteiger partial charge < -0.3 is 4.98 Å². The van der Waals surface area contributed by atoms with E-state index in [0.29, 0.717) is 34.0 Å². The first-order valence-corrected chi connectivity index (χ1v) is 9.83. The zero-order chi connectivity index (χ0) is 20.4. The highest BCUT2D eigenvalue weighted by Gasteiger charge is 2.13. The largest absolute Gasteiger partial charge is 0.332 e. The minimum atomic E-state index is -0.350. The summed E-state index contributed by atoms with van der Waals surface area (Å²) in [5, 5.41) is 3.58. The van der Waals surface area contributed by atoms with Crippen LogP contribution in [0.1, 0.15) is 10.4 Å². The number of nitrogens with zero attached hydrogens (tertiary/aromatic N) is 3. The van der Waals surface area contributed by atoms with Crippen molar-refractivity contribution in [3.05, 3.63) is 81.9 Å². The van der Waals surface area contributed by atoms with Gasteiger partial charge in [0.15, 0.2) is 10.6 Å². The summed E-state index contributed by atoms with van der Waals surface area (Å²) in [6.45, 7) is 3.95.